The number of nitrogens with zero attached hydrogens (tertiary/aromatic N) is 3. The summed E-state index contributed by atoms with van der Waals surface area (Å²) in [6.45, 7) is 9.50. The van der Waals surface area contributed by atoms with Crippen LogP contribution in [0.25, 0.3) is 16.9 Å². The Hall–Kier alpha value is -4.26. The number of aryl methyl sites for hydroxylation is 1. The van der Waals surface area contributed by atoms with Crippen LogP contribution in [0.1, 0.15) is 38.1 Å². The summed E-state index contributed by atoms with van der Waals surface area (Å²) < 4.78 is 20.2. The second kappa shape index (κ2) is 17.4. The van der Waals surface area contributed by atoms with Gasteiger partial charge in [-0.25, -0.2) is 4.98 Å². The van der Waals surface area contributed by atoms with Crippen LogP contribution < -0.4 is 14.2 Å². The van der Waals surface area contributed by atoms with Crippen molar-refractivity contribution in [3.63, 3.8) is 0 Å². The molecule has 6 nitrogen and oxygen atoms in total. The van der Waals surface area contributed by atoms with Gasteiger partial charge in [0, 0.05) is 41.9 Å². The van der Waals surface area contributed by atoms with E-state index in [4.69, 9.17) is 30.8 Å². The summed E-state index contributed by atoms with van der Waals surface area (Å²) >= 11 is 6.11. The third-order valence-corrected chi connectivity index (χ3v) is 8.17. The fourth-order valence-corrected chi connectivity index (χ4v) is 5.53. The summed E-state index contributed by atoms with van der Waals surface area (Å²) in [5.41, 5.74) is 4.16. The molecule has 0 aliphatic rings. The van der Waals surface area contributed by atoms with E-state index in [1.165, 1.54) is 0 Å². The van der Waals surface area contributed by atoms with Crippen molar-refractivity contribution in [3.05, 3.63) is 126 Å². The second-order valence-corrected chi connectivity index (χ2v) is 11.6. The fraction of sp³-hybridized carbons (Fsp3) is 0.308. The van der Waals surface area contributed by atoms with E-state index in [1.54, 1.807) is 0 Å². The van der Waals surface area contributed by atoms with Crippen LogP contribution in [0.4, 0.5) is 0 Å². The molecule has 1 aromatic heterocycles. The topological polar surface area (TPSA) is 48.8 Å². The van der Waals surface area contributed by atoms with Gasteiger partial charge in [-0.3, -0.25) is 0 Å². The highest BCUT2D eigenvalue weighted by Gasteiger charge is 2.13. The van der Waals surface area contributed by atoms with Crippen LogP contribution >= 0.6 is 11.6 Å². The molecule has 0 aliphatic heterocycles. The molecule has 240 valence electrons. The monoisotopic (exact) mass is 637 g/mol. The highest BCUT2D eigenvalue weighted by atomic mass is 35.5. The minimum Gasteiger partial charge on any atom is -0.494 e. The Kier molecular flexibility index (Phi) is 12.6. The highest BCUT2D eigenvalue weighted by molar-refractivity contribution is 6.30. The number of para-hydroxylation sites is 1. The predicted molar refractivity (Wildman–Crippen MR) is 188 cm³/mol. The molecule has 0 fully saturated rings. The van der Waals surface area contributed by atoms with Gasteiger partial charge < -0.3 is 23.7 Å². The van der Waals surface area contributed by atoms with Gasteiger partial charge in [-0.2, -0.15) is 0 Å². The summed E-state index contributed by atoms with van der Waals surface area (Å²) in [4.78, 5) is 7.49. The summed E-state index contributed by atoms with van der Waals surface area (Å²) in [5, 5.41) is 0.745. The van der Waals surface area contributed by atoms with Crippen molar-refractivity contribution in [3.8, 4) is 34.2 Å². The Labute approximate surface area is 278 Å². The third kappa shape index (κ3) is 9.87. The SMILES string of the molecule is CCN(CC)CCCOc1ccc(-n2cc(-c3ccc(OCCc4cccc(Cl)c4)cc3)nc2CCCOc2ccccc2)cc1. The van der Waals surface area contributed by atoms with Gasteiger partial charge in [0.1, 0.15) is 23.1 Å². The lowest BCUT2D eigenvalue weighted by molar-refractivity contribution is 0.249. The molecule has 0 spiro atoms. The molecule has 5 aromatic rings. The second-order valence-electron chi connectivity index (χ2n) is 11.2. The molecular formula is C39H44ClN3O3. The average molecular weight is 638 g/mol. The number of rotatable bonds is 18. The minimum absolute atomic E-state index is 0.582. The van der Waals surface area contributed by atoms with E-state index in [2.05, 4.69) is 59.8 Å². The standard InChI is InChI=1S/C39H44ClN3O3/c1-3-42(4-2)25-10-27-45-37-22-18-34(19-23-37)43-30-38(41-39(43)15-9-26-44-35-13-6-5-7-14-35)32-16-20-36(21-17-32)46-28-24-31-11-8-12-33(40)29-31/h5-8,11-14,16-23,29-30H,3-4,9-10,15,24-28H2,1-2H3. The van der Waals surface area contributed by atoms with Crippen LogP contribution in [0.2, 0.25) is 5.02 Å². The first-order valence-electron chi connectivity index (χ1n) is 16.3. The predicted octanol–water partition coefficient (Wildman–Crippen LogP) is 8.94. The number of hydrogen-bond acceptors (Lipinski definition) is 5. The maximum Gasteiger partial charge on any atom is 0.119 e. The van der Waals surface area contributed by atoms with Crippen molar-refractivity contribution in [1.82, 2.24) is 14.5 Å². The zero-order valence-electron chi connectivity index (χ0n) is 26.9. The van der Waals surface area contributed by atoms with E-state index < -0.39 is 0 Å². The molecule has 0 unspecified atom stereocenters. The molecule has 4 aromatic carbocycles. The number of aromatic nitrogens is 2. The zero-order valence-corrected chi connectivity index (χ0v) is 27.7. The Morgan fingerprint density at radius 3 is 2.02 bits per heavy atom. The Balaban J connectivity index is 1.24. The molecular weight excluding hydrogens is 594 g/mol. The molecule has 0 N–H and O–H groups in total. The molecule has 7 heteroatoms. The Morgan fingerprint density at radius 1 is 0.674 bits per heavy atom. The van der Waals surface area contributed by atoms with Gasteiger partial charge in [-0.1, -0.05) is 55.8 Å². The molecule has 0 saturated carbocycles. The number of imidazole rings is 1. The van der Waals surface area contributed by atoms with Gasteiger partial charge >= 0.3 is 0 Å². The molecule has 0 saturated heterocycles. The Bertz CT molecular complexity index is 1600. The summed E-state index contributed by atoms with van der Waals surface area (Å²) in [5.74, 6) is 3.58. The lowest BCUT2D eigenvalue weighted by Crippen LogP contribution is -2.25. The van der Waals surface area contributed by atoms with E-state index in [0.29, 0.717) is 19.8 Å². The molecule has 0 amide bonds. The quantitative estimate of drug-likeness (QED) is 0.0898. The summed E-state index contributed by atoms with van der Waals surface area (Å²) in [7, 11) is 0. The van der Waals surface area contributed by atoms with E-state index in [9.17, 15) is 0 Å². The van der Waals surface area contributed by atoms with Gasteiger partial charge in [0.2, 0.25) is 0 Å². The normalized spacial score (nSPS) is 11.1. The van der Waals surface area contributed by atoms with Gasteiger partial charge in [0.15, 0.2) is 0 Å². The summed E-state index contributed by atoms with van der Waals surface area (Å²) in [6.07, 6.45) is 5.54. The van der Waals surface area contributed by atoms with Crippen LogP contribution in [0.5, 0.6) is 17.2 Å². The fourth-order valence-electron chi connectivity index (χ4n) is 5.32. The average Bonchev–Trinajstić information content (AvgIpc) is 3.52. The van der Waals surface area contributed by atoms with Crippen LogP contribution in [-0.4, -0.2) is 53.9 Å². The van der Waals surface area contributed by atoms with Gasteiger partial charge in [0.25, 0.3) is 0 Å². The maximum atomic E-state index is 6.11. The maximum absolute atomic E-state index is 6.11. The van der Waals surface area contributed by atoms with Crippen molar-refractivity contribution in [2.75, 3.05) is 39.5 Å². The minimum atomic E-state index is 0.582. The van der Waals surface area contributed by atoms with Crippen molar-refractivity contribution in [2.24, 2.45) is 0 Å². The van der Waals surface area contributed by atoms with Gasteiger partial charge in [-0.15, -0.1) is 0 Å². The van der Waals surface area contributed by atoms with Crippen LogP contribution in [0.15, 0.2) is 109 Å². The number of halogens is 1. The first-order chi connectivity index (χ1) is 22.6. The lowest BCUT2D eigenvalue weighted by Gasteiger charge is -2.17. The smallest absolute Gasteiger partial charge is 0.119 e. The Morgan fingerprint density at radius 2 is 1.33 bits per heavy atom. The summed E-state index contributed by atoms with van der Waals surface area (Å²) in [6, 6.07) is 34.3. The number of ether oxygens (including phenoxy) is 3. The highest BCUT2D eigenvalue weighted by Crippen LogP contribution is 2.26. The zero-order chi connectivity index (χ0) is 32.0. The van der Waals surface area contributed by atoms with Crippen molar-refractivity contribution >= 4 is 11.6 Å². The van der Waals surface area contributed by atoms with Crippen LogP contribution in [-0.2, 0) is 12.8 Å². The van der Waals surface area contributed by atoms with E-state index >= 15 is 0 Å². The largest absolute Gasteiger partial charge is 0.494 e. The first kappa shape index (κ1) is 33.1. The van der Waals surface area contributed by atoms with E-state index in [-0.39, 0.29) is 0 Å². The lowest BCUT2D eigenvalue weighted by atomic mass is 10.1. The van der Waals surface area contributed by atoms with Crippen molar-refractivity contribution < 1.29 is 14.2 Å². The van der Waals surface area contributed by atoms with E-state index in [1.807, 2.05) is 72.8 Å². The molecule has 5 rings (SSSR count). The number of benzene rings is 4. The molecule has 0 atom stereocenters. The third-order valence-electron chi connectivity index (χ3n) is 7.93. The van der Waals surface area contributed by atoms with Crippen LogP contribution in [0, 0.1) is 0 Å². The molecule has 0 aliphatic carbocycles. The molecule has 1 heterocycles. The molecule has 0 radical (unpaired) electrons. The number of hydrogen-bond donors (Lipinski definition) is 0. The molecule has 46 heavy (non-hydrogen) atoms. The van der Waals surface area contributed by atoms with E-state index in [0.717, 1.165) is 95.9 Å². The van der Waals surface area contributed by atoms with Crippen molar-refractivity contribution in [2.45, 2.75) is 39.5 Å². The van der Waals surface area contributed by atoms with Crippen molar-refractivity contribution in [1.29, 1.82) is 0 Å². The van der Waals surface area contributed by atoms with Gasteiger partial charge in [0.05, 0.1) is 25.5 Å². The van der Waals surface area contributed by atoms with Crippen LogP contribution in [0.3, 0.4) is 0 Å². The van der Waals surface area contributed by atoms with Gasteiger partial charge in [-0.05, 0) is 104 Å². The molecule has 0 bridgehead atoms. The first-order valence-corrected chi connectivity index (χ1v) is 16.7.